The van der Waals surface area contributed by atoms with Gasteiger partial charge in [-0.15, -0.1) is 0 Å². The Morgan fingerprint density at radius 1 is 1.00 bits per heavy atom. The van der Waals surface area contributed by atoms with Gasteiger partial charge in [0.2, 0.25) is 0 Å². The van der Waals surface area contributed by atoms with Crippen LogP contribution in [0.3, 0.4) is 0 Å². The highest BCUT2D eigenvalue weighted by molar-refractivity contribution is 4.79. The molecule has 0 aromatic heterocycles. The minimum Gasteiger partial charge on any atom is -0.314 e. The lowest BCUT2D eigenvalue weighted by Crippen LogP contribution is -2.36. The molecule has 1 atom stereocenters. The zero-order valence-electron chi connectivity index (χ0n) is 13.3. The second kappa shape index (κ2) is 7.64. The van der Waals surface area contributed by atoms with Crippen molar-refractivity contribution in [3.8, 4) is 0 Å². The van der Waals surface area contributed by atoms with Crippen molar-refractivity contribution in [3.63, 3.8) is 0 Å². The van der Waals surface area contributed by atoms with E-state index in [4.69, 9.17) is 0 Å². The van der Waals surface area contributed by atoms with E-state index in [2.05, 4.69) is 31.0 Å². The highest BCUT2D eigenvalue weighted by Crippen LogP contribution is 2.28. The molecule has 0 amide bonds. The van der Waals surface area contributed by atoms with Gasteiger partial charge in [-0.1, -0.05) is 19.8 Å². The molecule has 1 N–H and O–H groups in total. The zero-order chi connectivity index (χ0) is 13.7. The largest absolute Gasteiger partial charge is 0.314 e. The average molecular weight is 266 g/mol. The first kappa shape index (κ1) is 15.3. The summed E-state index contributed by atoms with van der Waals surface area (Å²) >= 11 is 0. The lowest BCUT2D eigenvalue weighted by molar-refractivity contribution is 0.227. The van der Waals surface area contributed by atoms with Crippen molar-refractivity contribution >= 4 is 0 Å². The molecule has 1 aliphatic carbocycles. The summed E-state index contributed by atoms with van der Waals surface area (Å²) in [4.78, 5) is 2.64. The van der Waals surface area contributed by atoms with E-state index in [0.29, 0.717) is 0 Å². The van der Waals surface area contributed by atoms with Gasteiger partial charge in [-0.25, -0.2) is 0 Å². The molecular formula is C17H34N2. The van der Waals surface area contributed by atoms with Gasteiger partial charge >= 0.3 is 0 Å². The Balaban J connectivity index is 1.66. The van der Waals surface area contributed by atoms with Gasteiger partial charge < -0.3 is 10.2 Å². The van der Waals surface area contributed by atoms with Crippen molar-refractivity contribution in [1.82, 2.24) is 10.2 Å². The van der Waals surface area contributed by atoms with E-state index in [0.717, 1.165) is 23.9 Å². The Morgan fingerprint density at radius 2 is 1.74 bits per heavy atom. The maximum atomic E-state index is 3.88. The van der Waals surface area contributed by atoms with Crippen LogP contribution in [0.5, 0.6) is 0 Å². The lowest BCUT2D eigenvalue weighted by Gasteiger charge is -2.28. The topological polar surface area (TPSA) is 15.3 Å². The van der Waals surface area contributed by atoms with Gasteiger partial charge in [0, 0.05) is 12.1 Å². The van der Waals surface area contributed by atoms with Crippen LogP contribution in [0, 0.1) is 11.8 Å². The van der Waals surface area contributed by atoms with Crippen LogP contribution in [0.15, 0.2) is 0 Å². The first-order chi connectivity index (χ1) is 9.15. The standard InChI is InChI=1S/C17H34N2/c1-14(2)19-11-4-5-17(10-12-19)18-13-16-8-6-15(3)7-9-16/h14-18H,4-13H2,1-3H3. The monoisotopic (exact) mass is 266 g/mol. The quantitative estimate of drug-likeness (QED) is 0.835. The molecule has 19 heavy (non-hydrogen) atoms. The summed E-state index contributed by atoms with van der Waals surface area (Å²) < 4.78 is 0. The highest BCUT2D eigenvalue weighted by Gasteiger charge is 2.21. The molecule has 1 saturated carbocycles. The normalized spacial score (nSPS) is 34.4. The molecule has 0 spiro atoms. The van der Waals surface area contributed by atoms with Crippen LogP contribution in [-0.2, 0) is 0 Å². The van der Waals surface area contributed by atoms with Crippen molar-refractivity contribution in [1.29, 1.82) is 0 Å². The van der Waals surface area contributed by atoms with Crippen LogP contribution < -0.4 is 5.32 Å². The molecule has 0 aromatic carbocycles. The number of hydrogen-bond acceptors (Lipinski definition) is 2. The van der Waals surface area contributed by atoms with Crippen molar-refractivity contribution in [2.24, 2.45) is 11.8 Å². The van der Waals surface area contributed by atoms with Gasteiger partial charge in [-0.3, -0.25) is 0 Å². The SMILES string of the molecule is CC1CCC(CNC2CCCN(C(C)C)CC2)CC1. The smallest absolute Gasteiger partial charge is 0.00798 e. The number of nitrogens with one attached hydrogen (secondary N) is 1. The summed E-state index contributed by atoms with van der Waals surface area (Å²) in [6, 6.07) is 1.50. The number of hydrogen-bond donors (Lipinski definition) is 1. The number of likely N-dealkylation sites (tertiary alicyclic amines) is 1. The Morgan fingerprint density at radius 3 is 2.42 bits per heavy atom. The number of rotatable bonds is 4. The molecule has 1 heterocycles. The van der Waals surface area contributed by atoms with E-state index in [1.807, 2.05) is 0 Å². The summed E-state index contributed by atoms with van der Waals surface area (Å²) in [7, 11) is 0. The Kier molecular flexibility index (Phi) is 6.15. The second-order valence-corrected chi connectivity index (χ2v) is 7.29. The lowest BCUT2D eigenvalue weighted by atomic mass is 9.83. The van der Waals surface area contributed by atoms with E-state index in [1.165, 1.54) is 64.6 Å². The number of nitrogens with zero attached hydrogens (tertiary/aromatic N) is 1. The fraction of sp³-hybridized carbons (Fsp3) is 1.00. The summed E-state index contributed by atoms with van der Waals surface area (Å²) in [5, 5.41) is 3.88. The van der Waals surface area contributed by atoms with Crippen LogP contribution in [0.4, 0.5) is 0 Å². The molecule has 2 heteroatoms. The Bertz CT molecular complexity index is 244. The van der Waals surface area contributed by atoms with Crippen LogP contribution in [0.1, 0.15) is 65.7 Å². The van der Waals surface area contributed by atoms with Crippen LogP contribution in [0.25, 0.3) is 0 Å². The predicted octanol–water partition coefficient (Wildman–Crippen LogP) is 3.67. The highest BCUT2D eigenvalue weighted by atomic mass is 15.1. The van der Waals surface area contributed by atoms with Crippen molar-refractivity contribution < 1.29 is 0 Å². The fourth-order valence-corrected chi connectivity index (χ4v) is 3.71. The first-order valence-electron chi connectivity index (χ1n) is 8.62. The molecule has 1 saturated heterocycles. The maximum absolute atomic E-state index is 3.88. The molecule has 0 aromatic rings. The molecule has 2 fully saturated rings. The van der Waals surface area contributed by atoms with Crippen molar-refractivity contribution in [3.05, 3.63) is 0 Å². The molecule has 1 aliphatic heterocycles. The first-order valence-corrected chi connectivity index (χ1v) is 8.62. The Labute approximate surface area is 120 Å². The summed E-state index contributed by atoms with van der Waals surface area (Å²) in [6.07, 6.45) is 9.93. The third-order valence-electron chi connectivity index (χ3n) is 5.32. The van der Waals surface area contributed by atoms with Gasteiger partial charge in [0.05, 0.1) is 0 Å². The van der Waals surface area contributed by atoms with Crippen LogP contribution in [-0.4, -0.2) is 36.6 Å². The molecule has 0 bridgehead atoms. The molecule has 0 radical (unpaired) electrons. The minimum atomic E-state index is 0.721. The molecule has 2 rings (SSSR count). The maximum Gasteiger partial charge on any atom is 0.00798 e. The van der Waals surface area contributed by atoms with Gasteiger partial charge in [-0.05, 0) is 77.4 Å². The van der Waals surface area contributed by atoms with Crippen LogP contribution >= 0.6 is 0 Å². The summed E-state index contributed by atoms with van der Waals surface area (Å²) in [5.74, 6) is 1.94. The third kappa shape index (κ3) is 5.07. The van der Waals surface area contributed by atoms with Crippen LogP contribution in [0.2, 0.25) is 0 Å². The third-order valence-corrected chi connectivity index (χ3v) is 5.32. The van der Waals surface area contributed by atoms with Gasteiger partial charge in [0.25, 0.3) is 0 Å². The van der Waals surface area contributed by atoms with Gasteiger partial charge in [0.15, 0.2) is 0 Å². The van der Waals surface area contributed by atoms with E-state index in [-0.39, 0.29) is 0 Å². The van der Waals surface area contributed by atoms with Crippen molar-refractivity contribution in [2.75, 3.05) is 19.6 Å². The zero-order valence-corrected chi connectivity index (χ0v) is 13.3. The molecule has 2 aliphatic rings. The second-order valence-electron chi connectivity index (χ2n) is 7.29. The van der Waals surface area contributed by atoms with E-state index >= 15 is 0 Å². The summed E-state index contributed by atoms with van der Waals surface area (Å²) in [5.41, 5.74) is 0. The van der Waals surface area contributed by atoms with E-state index in [9.17, 15) is 0 Å². The van der Waals surface area contributed by atoms with Crippen molar-refractivity contribution in [2.45, 2.75) is 77.8 Å². The molecular weight excluding hydrogens is 232 g/mol. The minimum absolute atomic E-state index is 0.721. The predicted molar refractivity (Wildman–Crippen MR) is 83.5 cm³/mol. The average Bonchev–Trinajstić information content (AvgIpc) is 2.63. The fourth-order valence-electron chi connectivity index (χ4n) is 3.71. The van der Waals surface area contributed by atoms with E-state index in [1.54, 1.807) is 0 Å². The molecule has 112 valence electrons. The Hall–Kier alpha value is -0.0800. The molecule has 2 nitrogen and oxygen atoms in total. The van der Waals surface area contributed by atoms with Gasteiger partial charge in [-0.2, -0.15) is 0 Å². The van der Waals surface area contributed by atoms with Gasteiger partial charge in [0.1, 0.15) is 0 Å². The summed E-state index contributed by atoms with van der Waals surface area (Å²) in [6.45, 7) is 10.9. The van der Waals surface area contributed by atoms with E-state index < -0.39 is 0 Å². The molecule has 1 unspecified atom stereocenters.